The van der Waals surface area contributed by atoms with Crippen molar-refractivity contribution >= 4 is 29.1 Å². The molecule has 2 rings (SSSR count). The zero-order valence-corrected chi connectivity index (χ0v) is 11.6. The van der Waals surface area contributed by atoms with Gasteiger partial charge >= 0.3 is 0 Å². The third-order valence-electron chi connectivity index (χ3n) is 3.90. The maximum Gasteiger partial charge on any atom is 0.221 e. The molecule has 1 unspecified atom stereocenters. The van der Waals surface area contributed by atoms with Crippen LogP contribution in [0.25, 0.3) is 0 Å². The van der Waals surface area contributed by atoms with E-state index in [1.54, 1.807) is 6.07 Å². The van der Waals surface area contributed by atoms with Gasteiger partial charge in [0.15, 0.2) is 0 Å². The van der Waals surface area contributed by atoms with Crippen LogP contribution in [0, 0.1) is 0 Å². The molecule has 2 nitrogen and oxygen atoms in total. The minimum atomic E-state index is -0.290. The van der Waals surface area contributed by atoms with Crippen LogP contribution in [0.5, 0.6) is 0 Å². The van der Waals surface area contributed by atoms with Crippen molar-refractivity contribution in [3.8, 4) is 0 Å². The summed E-state index contributed by atoms with van der Waals surface area (Å²) in [5.74, 6) is 0.0728. The molecule has 1 saturated heterocycles. The average molecular weight is 272 g/mol. The molecule has 4 heteroatoms. The molecule has 1 aromatic carbocycles. The van der Waals surface area contributed by atoms with Gasteiger partial charge in [0.05, 0.1) is 10.0 Å². The van der Waals surface area contributed by atoms with Gasteiger partial charge in [0.2, 0.25) is 5.91 Å². The van der Waals surface area contributed by atoms with E-state index in [1.807, 2.05) is 26.0 Å². The average Bonchev–Trinajstić information content (AvgIpc) is 2.40. The fourth-order valence-electron chi connectivity index (χ4n) is 2.38. The number of benzene rings is 1. The summed E-state index contributed by atoms with van der Waals surface area (Å²) in [4.78, 5) is 11.6. The summed E-state index contributed by atoms with van der Waals surface area (Å²) in [6.45, 7) is 6.13. The first-order chi connectivity index (χ1) is 7.76. The number of amides is 1. The van der Waals surface area contributed by atoms with E-state index in [9.17, 15) is 4.79 Å². The molecule has 1 atom stereocenters. The molecule has 1 aliphatic rings. The number of carbonyl (C=O) groups is 1. The van der Waals surface area contributed by atoms with Gasteiger partial charge in [-0.2, -0.15) is 0 Å². The second kappa shape index (κ2) is 3.89. The standard InChI is InChI=1S/C13H15Cl2NO/c1-12(2)13(3,7-11(17)16-12)8-4-5-9(14)10(15)6-8/h4-6H,7H2,1-3H3,(H,16,17). The van der Waals surface area contributed by atoms with Crippen LogP contribution in [0.3, 0.4) is 0 Å². The van der Waals surface area contributed by atoms with Crippen LogP contribution in [0.1, 0.15) is 32.8 Å². The number of rotatable bonds is 1. The third kappa shape index (κ3) is 1.94. The van der Waals surface area contributed by atoms with E-state index in [0.717, 1.165) is 5.56 Å². The van der Waals surface area contributed by atoms with Crippen LogP contribution in [0.2, 0.25) is 10.0 Å². The highest BCUT2D eigenvalue weighted by atomic mass is 35.5. The molecule has 92 valence electrons. The van der Waals surface area contributed by atoms with Gasteiger partial charge in [0.1, 0.15) is 0 Å². The molecule has 1 heterocycles. The Hall–Kier alpha value is -0.730. The molecule has 0 radical (unpaired) electrons. The summed E-state index contributed by atoms with van der Waals surface area (Å²) < 4.78 is 0. The predicted octanol–water partition coefficient (Wildman–Crippen LogP) is 3.55. The summed E-state index contributed by atoms with van der Waals surface area (Å²) in [5.41, 5.74) is 0.481. The van der Waals surface area contributed by atoms with Gasteiger partial charge in [-0.25, -0.2) is 0 Å². The number of carbonyl (C=O) groups excluding carboxylic acids is 1. The second-order valence-electron chi connectivity index (χ2n) is 5.31. The molecule has 1 amide bonds. The first kappa shape index (κ1) is 12.7. The number of halogens is 2. The Morgan fingerprint density at radius 2 is 1.82 bits per heavy atom. The lowest BCUT2D eigenvalue weighted by Gasteiger charge is -2.37. The van der Waals surface area contributed by atoms with E-state index >= 15 is 0 Å². The summed E-state index contributed by atoms with van der Waals surface area (Å²) in [5, 5.41) is 4.07. The van der Waals surface area contributed by atoms with Crippen molar-refractivity contribution in [2.45, 2.75) is 38.1 Å². The van der Waals surface area contributed by atoms with E-state index in [-0.39, 0.29) is 16.9 Å². The maximum absolute atomic E-state index is 11.6. The highest BCUT2D eigenvalue weighted by Gasteiger charge is 2.50. The lowest BCUT2D eigenvalue weighted by Crippen LogP contribution is -2.48. The van der Waals surface area contributed by atoms with Gasteiger partial charge in [0.25, 0.3) is 0 Å². The Morgan fingerprint density at radius 1 is 1.18 bits per heavy atom. The van der Waals surface area contributed by atoms with Crippen molar-refractivity contribution in [2.75, 3.05) is 0 Å². The topological polar surface area (TPSA) is 29.1 Å². The molecule has 1 fully saturated rings. The summed E-state index contributed by atoms with van der Waals surface area (Å²) in [7, 11) is 0. The second-order valence-corrected chi connectivity index (χ2v) is 6.13. The van der Waals surface area contributed by atoms with Crippen molar-refractivity contribution in [3.05, 3.63) is 33.8 Å². The van der Waals surface area contributed by atoms with Crippen LogP contribution in [0.15, 0.2) is 18.2 Å². The summed E-state index contributed by atoms with van der Waals surface area (Å²) in [6.07, 6.45) is 0.470. The molecule has 0 spiro atoms. The Labute approximate surface area is 111 Å². The molecule has 0 bridgehead atoms. The van der Waals surface area contributed by atoms with Crippen molar-refractivity contribution in [1.29, 1.82) is 0 Å². The maximum atomic E-state index is 11.6. The third-order valence-corrected chi connectivity index (χ3v) is 4.64. The van der Waals surface area contributed by atoms with E-state index in [2.05, 4.69) is 12.2 Å². The smallest absolute Gasteiger partial charge is 0.221 e. The van der Waals surface area contributed by atoms with E-state index in [0.29, 0.717) is 16.5 Å². The van der Waals surface area contributed by atoms with Crippen molar-refractivity contribution in [1.82, 2.24) is 5.32 Å². The fraction of sp³-hybridized carbons (Fsp3) is 0.462. The highest BCUT2D eigenvalue weighted by molar-refractivity contribution is 6.42. The summed E-state index contributed by atoms with van der Waals surface area (Å²) >= 11 is 12.0. The van der Waals surface area contributed by atoms with Crippen LogP contribution in [0.4, 0.5) is 0 Å². The Bertz CT molecular complexity index is 484. The Kier molecular flexibility index (Phi) is 2.91. The minimum Gasteiger partial charge on any atom is -0.350 e. The molecular weight excluding hydrogens is 257 g/mol. The van der Waals surface area contributed by atoms with E-state index < -0.39 is 0 Å². The molecular formula is C13H15Cl2NO. The minimum absolute atomic E-state index is 0.0728. The Morgan fingerprint density at radius 3 is 2.29 bits per heavy atom. The SMILES string of the molecule is CC1(C)NC(=O)CC1(C)c1ccc(Cl)c(Cl)c1. The van der Waals surface area contributed by atoms with E-state index in [1.165, 1.54) is 0 Å². The molecule has 1 aromatic rings. The van der Waals surface area contributed by atoms with Crippen molar-refractivity contribution in [2.24, 2.45) is 0 Å². The molecule has 0 saturated carbocycles. The number of nitrogens with one attached hydrogen (secondary N) is 1. The molecule has 1 aliphatic heterocycles. The van der Waals surface area contributed by atoms with Crippen LogP contribution < -0.4 is 5.32 Å². The lowest BCUT2D eigenvalue weighted by atomic mass is 9.69. The molecule has 17 heavy (non-hydrogen) atoms. The predicted molar refractivity (Wildman–Crippen MR) is 70.7 cm³/mol. The molecule has 0 aliphatic carbocycles. The lowest BCUT2D eigenvalue weighted by molar-refractivity contribution is -0.119. The first-order valence-corrected chi connectivity index (χ1v) is 6.28. The number of hydrogen-bond acceptors (Lipinski definition) is 1. The van der Waals surface area contributed by atoms with E-state index in [4.69, 9.17) is 23.2 Å². The largest absolute Gasteiger partial charge is 0.350 e. The van der Waals surface area contributed by atoms with Crippen LogP contribution in [-0.2, 0) is 10.2 Å². The van der Waals surface area contributed by atoms with Gasteiger partial charge in [-0.1, -0.05) is 36.2 Å². The first-order valence-electron chi connectivity index (χ1n) is 5.53. The van der Waals surface area contributed by atoms with Gasteiger partial charge < -0.3 is 5.32 Å². The molecule has 1 N–H and O–H groups in total. The van der Waals surface area contributed by atoms with Gasteiger partial charge in [-0.3, -0.25) is 4.79 Å². The van der Waals surface area contributed by atoms with Crippen LogP contribution >= 0.6 is 23.2 Å². The quantitative estimate of drug-likeness (QED) is 0.832. The normalized spacial score (nSPS) is 27.0. The highest BCUT2D eigenvalue weighted by Crippen LogP contribution is 2.43. The van der Waals surface area contributed by atoms with Crippen molar-refractivity contribution < 1.29 is 4.79 Å². The Balaban J connectivity index is 2.51. The van der Waals surface area contributed by atoms with Crippen LogP contribution in [-0.4, -0.2) is 11.4 Å². The summed E-state index contributed by atoms with van der Waals surface area (Å²) in [6, 6.07) is 5.57. The van der Waals surface area contributed by atoms with Crippen molar-refractivity contribution in [3.63, 3.8) is 0 Å². The fourth-order valence-corrected chi connectivity index (χ4v) is 2.67. The van der Waals surface area contributed by atoms with Gasteiger partial charge in [-0.05, 0) is 31.5 Å². The molecule has 0 aromatic heterocycles. The van der Waals surface area contributed by atoms with Gasteiger partial charge in [0, 0.05) is 17.4 Å². The number of hydrogen-bond donors (Lipinski definition) is 1. The zero-order chi connectivity index (χ0) is 12.8. The monoisotopic (exact) mass is 271 g/mol. The zero-order valence-electron chi connectivity index (χ0n) is 10.1. The van der Waals surface area contributed by atoms with Gasteiger partial charge in [-0.15, -0.1) is 0 Å².